The number of aliphatic imine (C=N–C) groups is 1. The van der Waals surface area contributed by atoms with E-state index in [-0.39, 0.29) is 0 Å². The van der Waals surface area contributed by atoms with Crippen molar-refractivity contribution in [3.63, 3.8) is 0 Å². The zero-order chi connectivity index (χ0) is 9.26. The second kappa shape index (κ2) is 3.33. The van der Waals surface area contributed by atoms with Gasteiger partial charge >= 0.3 is 0 Å². The molecule has 0 bridgehead atoms. The van der Waals surface area contributed by atoms with E-state index < -0.39 is 0 Å². The monoisotopic (exact) mass is 173 g/mol. The molecule has 0 N–H and O–H groups in total. The van der Waals surface area contributed by atoms with Crippen molar-refractivity contribution in [2.45, 2.75) is 32.7 Å². The van der Waals surface area contributed by atoms with Crippen LogP contribution in [0.5, 0.6) is 0 Å². The topological polar surface area (TPSA) is 12.4 Å². The van der Waals surface area contributed by atoms with Gasteiger partial charge in [0.15, 0.2) is 0 Å². The summed E-state index contributed by atoms with van der Waals surface area (Å²) in [7, 11) is 0. The second-order valence-electron chi connectivity index (χ2n) is 3.75. The molecule has 0 amide bonds. The first-order chi connectivity index (χ1) is 6.29. The summed E-state index contributed by atoms with van der Waals surface area (Å²) in [6.45, 7) is 4.34. The highest BCUT2D eigenvalue weighted by atomic mass is 14.8. The van der Waals surface area contributed by atoms with Crippen molar-refractivity contribution in [2.75, 3.05) is 0 Å². The van der Waals surface area contributed by atoms with Crippen molar-refractivity contribution in [2.24, 2.45) is 4.99 Å². The molecule has 0 aromatic heterocycles. The third-order valence-corrected chi connectivity index (χ3v) is 2.65. The van der Waals surface area contributed by atoms with Crippen LogP contribution in [0, 0.1) is 6.92 Å². The lowest BCUT2D eigenvalue weighted by Crippen LogP contribution is -2.14. The van der Waals surface area contributed by atoms with Crippen molar-refractivity contribution in [1.82, 2.24) is 0 Å². The normalized spacial score (nSPS) is 20.0. The Hall–Kier alpha value is -1.11. The van der Waals surface area contributed by atoms with Crippen LogP contribution in [0.3, 0.4) is 0 Å². The highest BCUT2D eigenvalue weighted by Crippen LogP contribution is 2.18. The molecule has 0 saturated heterocycles. The molecular weight excluding hydrogens is 158 g/mol. The van der Waals surface area contributed by atoms with E-state index in [1.165, 1.54) is 16.7 Å². The molecule has 1 aromatic rings. The van der Waals surface area contributed by atoms with Crippen LogP contribution in [0.2, 0.25) is 0 Å². The molecule has 0 radical (unpaired) electrons. The highest BCUT2D eigenvalue weighted by Gasteiger charge is 2.12. The molecule has 1 aliphatic rings. The summed E-state index contributed by atoms with van der Waals surface area (Å²) < 4.78 is 0. The van der Waals surface area contributed by atoms with Crippen molar-refractivity contribution in [3.05, 3.63) is 34.9 Å². The van der Waals surface area contributed by atoms with Gasteiger partial charge in [-0.1, -0.05) is 30.7 Å². The average molecular weight is 173 g/mol. The Balaban J connectivity index is 2.36. The standard InChI is InChI=1S/C12H15N/c1-3-12-7-11-6-9(2)4-5-10(11)8-13-12/h4-6,8,12H,3,7H2,1-2H3. The molecule has 0 spiro atoms. The maximum atomic E-state index is 4.49. The number of rotatable bonds is 1. The molecule has 1 atom stereocenters. The third-order valence-electron chi connectivity index (χ3n) is 2.65. The SMILES string of the molecule is CCC1Cc2cc(C)ccc2C=N1. The predicted molar refractivity (Wildman–Crippen MR) is 56.6 cm³/mol. The zero-order valence-electron chi connectivity index (χ0n) is 8.25. The van der Waals surface area contributed by atoms with Crippen molar-refractivity contribution in [3.8, 4) is 0 Å². The summed E-state index contributed by atoms with van der Waals surface area (Å²) in [5, 5.41) is 0. The molecular formula is C12H15N. The lowest BCUT2D eigenvalue weighted by atomic mass is 9.95. The summed E-state index contributed by atoms with van der Waals surface area (Å²) in [4.78, 5) is 4.49. The average Bonchev–Trinajstić information content (AvgIpc) is 2.16. The fraction of sp³-hybridized carbons (Fsp3) is 0.417. The highest BCUT2D eigenvalue weighted by molar-refractivity contribution is 5.83. The van der Waals surface area contributed by atoms with E-state index in [2.05, 4.69) is 37.0 Å². The van der Waals surface area contributed by atoms with Crippen molar-refractivity contribution in [1.29, 1.82) is 0 Å². The van der Waals surface area contributed by atoms with E-state index >= 15 is 0 Å². The first-order valence-electron chi connectivity index (χ1n) is 4.92. The van der Waals surface area contributed by atoms with Crippen LogP contribution in [0.1, 0.15) is 30.0 Å². The molecule has 1 aliphatic heterocycles. The van der Waals surface area contributed by atoms with Gasteiger partial charge in [-0.25, -0.2) is 0 Å². The zero-order valence-corrected chi connectivity index (χ0v) is 8.25. The van der Waals surface area contributed by atoms with Crippen LogP contribution in [0.25, 0.3) is 0 Å². The minimum atomic E-state index is 0.509. The predicted octanol–water partition coefficient (Wildman–Crippen LogP) is 2.75. The number of aryl methyl sites for hydroxylation is 1. The van der Waals surface area contributed by atoms with Gasteiger partial charge in [0.25, 0.3) is 0 Å². The first-order valence-corrected chi connectivity index (χ1v) is 4.92. The maximum Gasteiger partial charge on any atom is 0.0537 e. The Labute approximate surface area is 79.5 Å². The molecule has 0 aliphatic carbocycles. The van der Waals surface area contributed by atoms with Crippen LogP contribution in [0.15, 0.2) is 23.2 Å². The van der Waals surface area contributed by atoms with Crippen LogP contribution < -0.4 is 0 Å². The Morgan fingerprint density at radius 2 is 2.31 bits per heavy atom. The van der Waals surface area contributed by atoms with Gasteiger partial charge in [-0.05, 0) is 30.9 Å². The van der Waals surface area contributed by atoms with Gasteiger partial charge < -0.3 is 0 Å². The van der Waals surface area contributed by atoms with Gasteiger partial charge in [-0.15, -0.1) is 0 Å². The minimum Gasteiger partial charge on any atom is -0.289 e. The van der Waals surface area contributed by atoms with Gasteiger partial charge in [0.1, 0.15) is 0 Å². The fourth-order valence-corrected chi connectivity index (χ4v) is 1.78. The van der Waals surface area contributed by atoms with Crippen LogP contribution >= 0.6 is 0 Å². The van der Waals surface area contributed by atoms with Crippen LogP contribution in [-0.4, -0.2) is 12.3 Å². The molecule has 13 heavy (non-hydrogen) atoms. The van der Waals surface area contributed by atoms with Crippen molar-refractivity contribution < 1.29 is 0 Å². The number of hydrogen-bond donors (Lipinski definition) is 0. The molecule has 1 aromatic carbocycles. The van der Waals surface area contributed by atoms with Gasteiger partial charge in [-0.2, -0.15) is 0 Å². The number of fused-ring (bicyclic) bond motifs is 1. The number of nitrogens with zero attached hydrogens (tertiary/aromatic N) is 1. The van der Waals surface area contributed by atoms with E-state index in [1.54, 1.807) is 0 Å². The summed E-state index contributed by atoms with van der Waals surface area (Å²) in [5.41, 5.74) is 4.11. The van der Waals surface area contributed by atoms with Gasteiger partial charge in [0, 0.05) is 6.21 Å². The quantitative estimate of drug-likeness (QED) is 0.619. The largest absolute Gasteiger partial charge is 0.289 e. The van der Waals surface area contributed by atoms with E-state index in [9.17, 15) is 0 Å². The Morgan fingerprint density at radius 1 is 1.46 bits per heavy atom. The van der Waals surface area contributed by atoms with Crippen LogP contribution in [0.4, 0.5) is 0 Å². The molecule has 1 unspecified atom stereocenters. The summed E-state index contributed by atoms with van der Waals surface area (Å²) in [5.74, 6) is 0. The smallest absolute Gasteiger partial charge is 0.0537 e. The molecule has 0 fully saturated rings. The van der Waals surface area contributed by atoms with E-state index in [0.29, 0.717) is 6.04 Å². The second-order valence-corrected chi connectivity index (χ2v) is 3.75. The molecule has 1 heteroatoms. The van der Waals surface area contributed by atoms with Gasteiger partial charge in [-0.3, -0.25) is 4.99 Å². The first kappa shape index (κ1) is 8.49. The number of benzene rings is 1. The molecule has 1 nitrogen and oxygen atoms in total. The fourth-order valence-electron chi connectivity index (χ4n) is 1.78. The van der Waals surface area contributed by atoms with Gasteiger partial charge in [0.2, 0.25) is 0 Å². The van der Waals surface area contributed by atoms with E-state index in [0.717, 1.165) is 12.8 Å². The lowest BCUT2D eigenvalue weighted by molar-refractivity contribution is 0.643. The molecule has 68 valence electrons. The summed E-state index contributed by atoms with van der Waals surface area (Å²) in [6.07, 6.45) is 4.28. The molecule has 2 rings (SSSR count). The van der Waals surface area contributed by atoms with E-state index in [1.807, 2.05) is 6.21 Å². The minimum absolute atomic E-state index is 0.509. The number of hydrogen-bond acceptors (Lipinski definition) is 1. The van der Waals surface area contributed by atoms with Crippen LogP contribution in [-0.2, 0) is 6.42 Å². The molecule has 0 saturated carbocycles. The Morgan fingerprint density at radius 3 is 3.08 bits per heavy atom. The summed E-state index contributed by atoms with van der Waals surface area (Å²) >= 11 is 0. The van der Waals surface area contributed by atoms with Gasteiger partial charge in [0.05, 0.1) is 6.04 Å². The third kappa shape index (κ3) is 1.64. The maximum absolute atomic E-state index is 4.49. The Kier molecular flexibility index (Phi) is 2.17. The molecule has 1 heterocycles. The van der Waals surface area contributed by atoms with E-state index in [4.69, 9.17) is 0 Å². The Bertz CT molecular complexity index is 339. The lowest BCUT2D eigenvalue weighted by Gasteiger charge is -2.17. The van der Waals surface area contributed by atoms with Crippen molar-refractivity contribution >= 4 is 6.21 Å². The summed E-state index contributed by atoms with van der Waals surface area (Å²) in [6, 6.07) is 7.11.